The number of aromatic nitrogens is 1. The SMILES string of the molecule is CCC1CC2(O)CC(C2)N1C(=O)CC(C)c1cn(CCO)c2cccc(C3CC3)c12. The van der Waals surface area contributed by atoms with Gasteiger partial charge in [0.25, 0.3) is 0 Å². The number of fused-ring (bicyclic) bond motifs is 3. The van der Waals surface area contributed by atoms with Crippen LogP contribution >= 0.6 is 0 Å². The largest absolute Gasteiger partial charge is 0.395 e. The summed E-state index contributed by atoms with van der Waals surface area (Å²) in [5.74, 6) is 0.992. The van der Waals surface area contributed by atoms with Crippen LogP contribution in [-0.4, -0.2) is 49.9 Å². The van der Waals surface area contributed by atoms with Crippen LogP contribution < -0.4 is 0 Å². The van der Waals surface area contributed by atoms with Gasteiger partial charge in [0.2, 0.25) is 5.91 Å². The molecule has 6 rings (SSSR count). The fourth-order valence-corrected chi connectivity index (χ4v) is 6.06. The van der Waals surface area contributed by atoms with E-state index >= 15 is 0 Å². The van der Waals surface area contributed by atoms with Crippen LogP contribution in [0.2, 0.25) is 0 Å². The Kier molecular flexibility index (Phi) is 4.94. The molecule has 5 heteroatoms. The minimum atomic E-state index is -0.523. The number of hydrogen-bond donors (Lipinski definition) is 2. The van der Waals surface area contributed by atoms with Gasteiger partial charge in [-0.25, -0.2) is 0 Å². The summed E-state index contributed by atoms with van der Waals surface area (Å²) >= 11 is 0. The molecule has 2 N–H and O–H groups in total. The first-order valence-corrected chi connectivity index (χ1v) is 11.7. The van der Waals surface area contributed by atoms with Crippen LogP contribution in [0.15, 0.2) is 24.4 Å². The third-order valence-corrected chi connectivity index (χ3v) is 7.73. The molecule has 162 valence electrons. The van der Waals surface area contributed by atoms with Gasteiger partial charge in [-0.1, -0.05) is 26.0 Å². The maximum atomic E-state index is 13.4. The topological polar surface area (TPSA) is 65.7 Å². The number of rotatable bonds is 7. The van der Waals surface area contributed by atoms with Crippen LogP contribution in [0.25, 0.3) is 10.9 Å². The molecule has 2 saturated heterocycles. The highest BCUT2D eigenvalue weighted by Crippen LogP contribution is 2.48. The van der Waals surface area contributed by atoms with E-state index in [0.29, 0.717) is 18.9 Å². The summed E-state index contributed by atoms with van der Waals surface area (Å²) in [7, 11) is 0. The third-order valence-electron chi connectivity index (χ3n) is 7.73. The van der Waals surface area contributed by atoms with Crippen molar-refractivity contribution in [1.82, 2.24) is 9.47 Å². The molecule has 2 saturated carbocycles. The average Bonchev–Trinajstić information content (AvgIpc) is 3.48. The summed E-state index contributed by atoms with van der Waals surface area (Å²) in [5, 5.41) is 21.3. The van der Waals surface area contributed by atoms with Crippen LogP contribution in [0.1, 0.15) is 81.8 Å². The molecule has 5 nitrogen and oxygen atoms in total. The Morgan fingerprint density at radius 2 is 2.03 bits per heavy atom. The van der Waals surface area contributed by atoms with Crippen LogP contribution in [0.4, 0.5) is 0 Å². The predicted octanol–water partition coefficient (Wildman–Crippen LogP) is 3.91. The van der Waals surface area contributed by atoms with Crippen LogP contribution in [0.5, 0.6) is 0 Å². The number of amides is 1. The Morgan fingerprint density at radius 3 is 2.70 bits per heavy atom. The Morgan fingerprint density at radius 1 is 1.27 bits per heavy atom. The lowest BCUT2D eigenvalue weighted by atomic mass is 9.66. The lowest BCUT2D eigenvalue weighted by Crippen LogP contribution is -2.67. The summed E-state index contributed by atoms with van der Waals surface area (Å²) < 4.78 is 2.15. The van der Waals surface area contributed by atoms with Gasteiger partial charge in [0.05, 0.1) is 12.2 Å². The van der Waals surface area contributed by atoms with Crippen molar-refractivity contribution in [2.24, 2.45) is 0 Å². The van der Waals surface area contributed by atoms with E-state index in [1.165, 1.54) is 34.9 Å². The summed E-state index contributed by atoms with van der Waals surface area (Å²) in [6, 6.07) is 6.89. The van der Waals surface area contributed by atoms with E-state index in [4.69, 9.17) is 0 Å². The zero-order valence-electron chi connectivity index (χ0n) is 18.2. The van der Waals surface area contributed by atoms with E-state index < -0.39 is 5.60 Å². The van der Waals surface area contributed by atoms with E-state index in [0.717, 1.165) is 25.7 Å². The maximum absolute atomic E-state index is 13.4. The molecule has 1 amide bonds. The lowest BCUT2D eigenvalue weighted by molar-refractivity contribution is -0.178. The van der Waals surface area contributed by atoms with E-state index in [1.807, 2.05) is 0 Å². The van der Waals surface area contributed by atoms with E-state index in [1.54, 1.807) is 0 Å². The van der Waals surface area contributed by atoms with Crippen LogP contribution in [0, 0.1) is 0 Å². The molecule has 2 aliphatic carbocycles. The minimum Gasteiger partial charge on any atom is -0.395 e. The third kappa shape index (κ3) is 3.27. The molecule has 2 bridgehead atoms. The van der Waals surface area contributed by atoms with Gasteiger partial charge in [-0.2, -0.15) is 0 Å². The number of benzene rings is 1. The summed E-state index contributed by atoms with van der Waals surface area (Å²) in [4.78, 5) is 15.5. The van der Waals surface area contributed by atoms with Gasteiger partial charge in [-0.3, -0.25) is 4.79 Å². The second-order valence-corrected chi connectivity index (χ2v) is 9.98. The van der Waals surface area contributed by atoms with Gasteiger partial charge < -0.3 is 19.7 Å². The monoisotopic (exact) mass is 410 g/mol. The second kappa shape index (κ2) is 7.38. The number of carbonyl (C=O) groups excluding carboxylic acids is 1. The number of nitrogens with zero attached hydrogens (tertiary/aromatic N) is 2. The summed E-state index contributed by atoms with van der Waals surface area (Å²) in [6.07, 6.45) is 8.27. The van der Waals surface area contributed by atoms with Gasteiger partial charge >= 0.3 is 0 Å². The zero-order valence-corrected chi connectivity index (χ0v) is 18.2. The molecule has 3 heterocycles. The van der Waals surface area contributed by atoms with Crippen molar-refractivity contribution in [3.05, 3.63) is 35.5 Å². The van der Waals surface area contributed by atoms with Gasteiger partial charge in [0, 0.05) is 42.1 Å². The minimum absolute atomic E-state index is 0.112. The van der Waals surface area contributed by atoms with Crippen molar-refractivity contribution in [2.75, 3.05) is 6.61 Å². The Bertz CT molecular complexity index is 955. The van der Waals surface area contributed by atoms with Crippen molar-refractivity contribution >= 4 is 16.8 Å². The highest BCUT2D eigenvalue weighted by atomic mass is 16.3. The molecule has 2 unspecified atom stereocenters. The van der Waals surface area contributed by atoms with Crippen molar-refractivity contribution in [3.8, 4) is 0 Å². The molecule has 4 aliphatic rings. The van der Waals surface area contributed by atoms with Crippen LogP contribution in [-0.2, 0) is 11.3 Å². The number of aliphatic hydroxyl groups excluding tert-OH is 1. The number of carbonyl (C=O) groups is 1. The smallest absolute Gasteiger partial charge is 0.223 e. The van der Waals surface area contributed by atoms with Gasteiger partial charge in [0.1, 0.15) is 0 Å². The number of hydrogen-bond acceptors (Lipinski definition) is 3. The molecule has 2 aliphatic heterocycles. The zero-order chi connectivity index (χ0) is 21.0. The molecule has 30 heavy (non-hydrogen) atoms. The van der Waals surface area contributed by atoms with E-state index in [-0.39, 0.29) is 30.5 Å². The molecule has 0 radical (unpaired) electrons. The fraction of sp³-hybridized carbons (Fsp3) is 0.640. The molecule has 1 aromatic carbocycles. The first-order chi connectivity index (χ1) is 14.4. The average molecular weight is 411 g/mol. The van der Waals surface area contributed by atoms with E-state index in [9.17, 15) is 15.0 Å². The Labute approximate surface area is 178 Å². The highest BCUT2D eigenvalue weighted by molar-refractivity contribution is 5.89. The standard InChI is InChI=1S/C25H34N2O3/c1-3-18-12-25(30)13-19(14-25)27(18)23(29)11-16(2)21-15-26(9-10-28)22-6-4-5-20(24(21)22)17-7-8-17/h4-6,15-19,28,30H,3,7-14H2,1-2H3. The first-order valence-electron chi connectivity index (χ1n) is 11.7. The Balaban J connectivity index is 1.43. The molecular formula is C25H34N2O3. The van der Waals surface area contributed by atoms with Crippen molar-refractivity contribution < 1.29 is 15.0 Å². The van der Waals surface area contributed by atoms with Crippen molar-refractivity contribution in [3.63, 3.8) is 0 Å². The molecule has 2 aromatic rings. The summed E-state index contributed by atoms with van der Waals surface area (Å²) in [6.45, 7) is 4.98. The first kappa shape index (κ1) is 20.1. The summed E-state index contributed by atoms with van der Waals surface area (Å²) in [5.41, 5.74) is 3.30. The number of aliphatic hydroxyl groups is 2. The molecule has 4 fully saturated rings. The predicted molar refractivity (Wildman–Crippen MR) is 118 cm³/mol. The lowest BCUT2D eigenvalue weighted by Gasteiger charge is -2.58. The normalized spacial score (nSPS) is 29.1. The molecule has 2 atom stereocenters. The quantitative estimate of drug-likeness (QED) is 0.727. The van der Waals surface area contributed by atoms with Gasteiger partial charge in [-0.15, -0.1) is 0 Å². The van der Waals surface area contributed by atoms with Gasteiger partial charge in [-0.05, 0) is 67.6 Å². The van der Waals surface area contributed by atoms with E-state index in [2.05, 4.69) is 47.7 Å². The number of piperidine rings is 2. The fourth-order valence-electron chi connectivity index (χ4n) is 6.06. The van der Waals surface area contributed by atoms with Gasteiger partial charge in [0.15, 0.2) is 0 Å². The second-order valence-electron chi connectivity index (χ2n) is 9.98. The van der Waals surface area contributed by atoms with Crippen LogP contribution in [0.3, 0.4) is 0 Å². The highest BCUT2D eigenvalue weighted by Gasteiger charge is 2.54. The molecule has 1 aromatic heterocycles. The maximum Gasteiger partial charge on any atom is 0.223 e. The van der Waals surface area contributed by atoms with Crippen molar-refractivity contribution in [1.29, 1.82) is 0 Å². The molecule has 0 spiro atoms. The molecular weight excluding hydrogens is 376 g/mol. The van der Waals surface area contributed by atoms with Crippen molar-refractivity contribution in [2.45, 2.75) is 94.9 Å². The Hall–Kier alpha value is -1.85.